The van der Waals surface area contributed by atoms with E-state index in [-0.39, 0.29) is 23.3 Å². The van der Waals surface area contributed by atoms with E-state index in [0.29, 0.717) is 29.9 Å². The second kappa shape index (κ2) is 7.68. The average Bonchev–Trinajstić information content (AvgIpc) is 3.28. The van der Waals surface area contributed by atoms with Crippen LogP contribution in [0.1, 0.15) is 107 Å². The highest BCUT2D eigenvalue weighted by Crippen LogP contribution is 2.28. The Labute approximate surface area is 167 Å². The van der Waals surface area contributed by atoms with Gasteiger partial charge in [0.25, 0.3) is 5.91 Å². The number of amides is 1. The molecule has 1 aliphatic rings. The highest BCUT2D eigenvalue weighted by atomic mass is 16.5. The van der Waals surface area contributed by atoms with Crippen LogP contribution in [0.3, 0.4) is 0 Å². The van der Waals surface area contributed by atoms with Gasteiger partial charge < -0.3 is 9.42 Å². The van der Waals surface area contributed by atoms with Crippen LogP contribution < -0.4 is 0 Å². The van der Waals surface area contributed by atoms with Crippen molar-refractivity contribution < 1.29 is 9.32 Å². The van der Waals surface area contributed by atoms with Gasteiger partial charge in [0.1, 0.15) is 0 Å². The zero-order valence-corrected chi connectivity index (χ0v) is 18.2. The fraction of sp³-hybridized carbons (Fsp3) is 0.714. The van der Waals surface area contributed by atoms with E-state index >= 15 is 0 Å². The first-order chi connectivity index (χ1) is 13.1. The first-order valence-electron chi connectivity index (χ1n) is 10.3. The predicted molar refractivity (Wildman–Crippen MR) is 108 cm³/mol. The molecule has 0 aromatic carbocycles. The van der Waals surface area contributed by atoms with Gasteiger partial charge in [0.2, 0.25) is 5.89 Å². The quantitative estimate of drug-likeness (QED) is 0.782. The molecule has 0 radical (unpaired) electrons. The molecule has 1 fully saturated rings. The SMILES string of the molecule is CC(C)c1nc([C@H]2CCCN(C(=O)c3cc(C(C)C)n(C(C)(C)C)n3)C2)no1. The second-order valence-corrected chi connectivity index (χ2v) is 9.43. The van der Waals surface area contributed by atoms with Crippen molar-refractivity contribution in [3.05, 3.63) is 29.2 Å². The first-order valence-corrected chi connectivity index (χ1v) is 10.3. The number of nitrogens with zero attached hydrogens (tertiary/aromatic N) is 5. The van der Waals surface area contributed by atoms with Gasteiger partial charge in [-0.2, -0.15) is 10.1 Å². The van der Waals surface area contributed by atoms with Crippen molar-refractivity contribution in [3.8, 4) is 0 Å². The van der Waals surface area contributed by atoms with E-state index in [2.05, 4.69) is 49.9 Å². The number of hydrogen-bond donors (Lipinski definition) is 0. The lowest BCUT2D eigenvalue weighted by Crippen LogP contribution is -2.39. The highest BCUT2D eigenvalue weighted by molar-refractivity contribution is 5.92. The van der Waals surface area contributed by atoms with Gasteiger partial charge in [-0.05, 0) is 45.6 Å². The summed E-state index contributed by atoms with van der Waals surface area (Å²) in [6, 6.07) is 1.95. The summed E-state index contributed by atoms with van der Waals surface area (Å²) in [5.74, 6) is 1.98. The maximum atomic E-state index is 13.2. The number of piperidine rings is 1. The van der Waals surface area contributed by atoms with Crippen LogP contribution in [0.15, 0.2) is 10.6 Å². The lowest BCUT2D eigenvalue weighted by molar-refractivity contribution is 0.0696. The van der Waals surface area contributed by atoms with Crippen LogP contribution in [-0.2, 0) is 5.54 Å². The molecule has 3 heterocycles. The standard InChI is InChI=1S/C21H33N5O2/c1-13(2)17-11-16(23-26(17)21(5,6)7)20(27)25-10-8-9-15(12-25)18-22-19(14(3)4)28-24-18/h11,13-15H,8-10,12H2,1-7H3/t15-/m0/s1. The molecule has 3 rings (SSSR count). The number of rotatable bonds is 4. The Balaban J connectivity index is 1.80. The minimum absolute atomic E-state index is 0.0119. The first kappa shape index (κ1) is 20.6. The summed E-state index contributed by atoms with van der Waals surface area (Å²) in [6.45, 7) is 16.0. The molecule has 2 aromatic heterocycles. The Morgan fingerprint density at radius 3 is 2.46 bits per heavy atom. The van der Waals surface area contributed by atoms with Crippen LogP contribution >= 0.6 is 0 Å². The number of carbonyl (C=O) groups is 1. The van der Waals surface area contributed by atoms with Crippen molar-refractivity contribution in [2.24, 2.45) is 0 Å². The summed E-state index contributed by atoms with van der Waals surface area (Å²) in [5.41, 5.74) is 1.44. The summed E-state index contributed by atoms with van der Waals surface area (Å²) >= 11 is 0. The second-order valence-electron chi connectivity index (χ2n) is 9.43. The monoisotopic (exact) mass is 387 g/mol. The third-order valence-corrected chi connectivity index (χ3v) is 5.21. The van der Waals surface area contributed by atoms with E-state index in [9.17, 15) is 4.79 Å². The number of carbonyl (C=O) groups excluding carboxylic acids is 1. The van der Waals surface area contributed by atoms with Crippen LogP contribution in [-0.4, -0.2) is 43.8 Å². The molecule has 0 aliphatic carbocycles. The Bertz CT molecular complexity index is 828. The topological polar surface area (TPSA) is 77.1 Å². The molecule has 7 nitrogen and oxygen atoms in total. The lowest BCUT2D eigenvalue weighted by atomic mass is 9.97. The van der Waals surface area contributed by atoms with Gasteiger partial charge in [-0.1, -0.05) is 32.9 Å². The molecule has 154 valence electrons. The highest BCUT2D eigenvalue weighted by Gasteiger charge is 2.31. The number of likely N-dealkylation sites (tertiary alicyclic amines) is 1. The fourth-order valence-corrected chi connectivity index (χ4v) is 3.63. The van der Waals surface area contributed by atoms with Crippen molar-refractivity contribution in [1.82, 2.24) is 24.8 Å². The van der Waals surface area contributed by atoms with Gasteiger partial charge in [0.15, 0.2) is 11.5 Å². The fourth-order valence-electron chi connectivity index (χ4n) is 3.63. The molecule has 0 unspecified atom stereocenters. The maximum absolute atomic E-state index is 13.2. The predicted octanol–water partition coefficient (Wildman–Crippen LogP) is 4.29. The zero-order valence-electron chi connectivity index (χ0n) is 18.2. The Morgan fingerprint density at radius 1 is 1.21 bits per heavy atom. The van der Waals surface area contributed by atoms with Gasteiger partial charge in [-0.15, -0.1) is 0 Å². The van der Waals surface area contributed by atoms with E-state index in [1.165, 1.54) is 0 Å². The maximum Gasteiger partial charge on any atom is 0.274 e. The summed E-state index contributed by atoms with van der Waals surface area (Å²) in [6.07, 6.45) is 1.90. The molecular weight excluding hydrogens is 354 g/mol. The van der Waals surface area contributed by atoms with Crippen LogP contribution in [0.25, 0.3) is 0 Å². The van der Waals surface area contributed by atoms with Crippen LogP contribution in [0.2, 0.25) is 0 Å². The Kier molecular flexibility index (Phi) is 5.64. The molecule has 0 spiro atoms. The number of aromatic nitrogens is 4. The third kappa shape index (κ3) is 4.13. The van der Waals surface area contributed by atoms with E-state index < -0.39 is 0 Å². The molecule has 1 atom stereocenters. The van der Waals surface area contributed by atoms with E-state index in [4.69, 9.17) is 4.52 Å². The number of hydrogen-bond acceptors (Lipinski definition) is 5. The molecule has 1 saturated heterocycles. The van der Waals surface area contributed by atoms with Gasteiger partial charge in [-0.25, -0.2) is 0 Å². The Morgan fingerprint density at radius 2 is 1.93 bits per heavy atom. The molecule has 0 saturated carbocycles. The molecule has 2 aromatic rings. The van der Waals surface area contributed by atoms with Gasteiger partial charge >= 0.3 is 0 Å². The zero-order chi connectivity index (χ0) is 20.6. The summed E-state index contributed by atoms with van der Waals surface area (Å²) in [5, 5.41) is 8.84. The molecule has 0 N–H and O–H groups in total. The minimum atomic E-state index is -0.166. The van der Waals surface area contributed by atoms with Crippen molar-refractivity contribution in [2.45, 2.75) is 84.6 Å². The average molecular weight is 388 g/mol. The van der Waals surface area contributed by atoms with Crippen molar-refractivity contribution in [1.29, 1.82) is 0 Å². The molecule has 0 bridgehead atoms. The van der Waals surface area contributed by atoms with E-state index in [0.717, 1.165) is 25.1 Å². The molecule has 7 heteroatoms. The van der Waals surface area contributed by atoms with E-state index in [1.54, 1.807) is 0 Å². The molecular formula is C21H33N5O2. The van der Waals surface area contributed by atoms with Crippen LogP contribution in [0.4, 0.5) is 0 Å². The summed E-state index contributed by atoms with van der Waals surface area (Å²) < 4.78 is 7.35. The molecule has 28 heavy (non-hydrogen) atoms. The third-order valence-electron chi connectivity index (χ3n) is 5.21. The van der Waals surface area contributed by atoms with E-state index in [1.807, 2.05) is 29.5 Å². The summed E-state index contributed by atoms with van der Waals surface area (Å²) in [4.78, 5) is 19.6. The van der Waals surface area contributed by atoms with Gasteiger partial charge in [0, 0.05) is 30.6 Å². The largest absolute Gasteiger partial charge is 0.339 e. The van der Waals surface area contributed by atoms with Crippen LogP contribution in [0.5, 0.6) is 0 Å². The Hall–Kier alpha value is -2.18. The normalized spacial score (nSPS) is 18.3. The van der Waals surface area contributed by atoms with Gasteiger partial charge in [0.05, 0.1) is 5.54 Å². The lowest BCUT2D eigenvalue weighted by Gasteiger charge is -2.30. The molecule has 1 aliphatic heterocycles. The van der Waals surface area contributed by atoms with Crippen molar-refractivity contribution in [2.75, 3.05) is 13.1 Å². The van der Waals surface area contributed by atoms with Crippen LogP contribution in [0, 0.1) is 0 Å². The van der Waals surface area contributed by atoms with Crippen molar-refractivity contribution >= 4 is 5.91 Å². The summed E-state index contributed by atoms with van der Waals surface area (Å²) in [7, 11) is 0. The minimum Gasteiger partial charge on any atom is -0.339 e. The smallest absolute Gasteiger partial charge is 0.274 e. The van der Waals surface area contributed by atoms with Gasteiger partial charge in [-0.3, -0.25) is 9.48 Å². The van der Waals surface area contributed by atoms with Crippen molar-refractivity contribution in [3.63, 3.8) is 0 Å². The molecule has 1 amide bonds.